The van der Waals surface area contributed by atoms with Crippen LogP contribution in [0, 0.1) is 11.8 Å². The molecule has 2 N–H and O–H groups in total. The third-order valence-electron chi connectivity index (χ3n) is 5.47. The molecular weight excluding hydrogens is 352 g/mol. The van der Waals surface area contributed by atoms with E-state index in [1.807, 2.05) is 48.6 Å². The third-order valence-corrected chi connectivity index (χ3v) is 5.47. The summed E-state index contributed by atoms with van der Waals surface area (Å²) in [6.07, 6.45) is 17.3. The number of rotatable bonds is 10. The molecule has 3 rings (SSSR count). The first kappa shape index (κ1) is 20.6. The zero-order valence-electron chi connectivity index (χ0n) is 16.6. The predicted molar refractivity (Wildman–Crippen MR) is 112 cm³/mol. The van der Waals surface area contributed by atoms with E-state index >= 15 is 0 Å². The molecule has 28 heavy (non-hydrogen) atoms. The van der Waals surface area contributed by atoms with E-state index < -0.39 is 0 Å². The van der Waals surface area contributed by atoms with Crippen LogP contribution in [0.4, 0.5) is 0 Å². The first-order valence-corrected chi connectivity index (χ1v) is 10.4. The second-order valence-electron chi connectivity index (χ2n) is 7.56. The van der Waals surface area contributed by atoms with Crippen molar-refractivity contribution in [2.45, 2.75) is 12.8 Å². The van der Waals surface area contributed by atoms with Crippen LogP contribution in [-0.4, -0.2) is 74.0 Å². The average molecular weight is 385 g/mol. The number of amides is 2. The van der Waals surface area contributed by atoms with Gasteiger partial charge in [0.05, 0.1) is 11.8 Å². The van der Waals surface area contributed by atoms with Gasteiger partial charge < -0.3 is 20.4 Å². The number of nitrogens with zero attached hydrogens (tertiary/aromatic N) is 2. The van der Waals surface area contributed by atoms with E-state index in [9.17, 15) is 9.59 Å². The molecule has 2 amide bonds. The Morgan fingerprint density at radius 2 is 1.04 bits per heavy atom. The molecule has 3 aliphatic rings. The van der Waals surface area contributed by atoms with E-state index in [-0.39, 0.29) is 23.7 Å². The number of allylic oxidation sites excluding steroid dienone is 4. The van der Waals surface area contributed by atoms with E-state index in [0.29, 0.717) is 0 Å². The Morgan fingerprint density at radius 3 is 1.39 bits per heavy atom. The predicted octanol–water partition coefficient (Wildman–Crippen LogP) is 1.10. The molecule has 0 aromatic rings. The summed E-state index contributed by atoms with van der Waals surface area (Å²) >= 11 is 0. The van der Waals surface area contributed by atoms with Crippen LogP contribution in [0.3, 0.4) is 0 Å². The van der Waals surface area contributed by atoms with Gasteiger partial charge in [-0.2, -0.15) is 0 Å². The molecule has 0 atom stereocenters. The van der Waals surface area contributed by atoms with Crippen LogP contribution < -0.4 is 10.6 Å². The van der Waals surface area contributed by atoms with Gasteiger partial charge in [-0.3, -0.25) is 9.59 Å². The quantitative estimate of drug-likeness (QED) is 0.554. The van der Waals surface area contributed by atoms with Crippen molar-refractivity contribution in [3.05, 3.63) is 48.6 Å². The van der Waals surface area contributed by atoms with Crippen LogP contribution in [-0.2, 0) is 9.59 Å². The standard InChI is InChI=1S/C22H32N4O2/c27-21(19-7-1-2-8-19)23-11-5-13-25-15-17-26(18-16-25)14-6-12-24-22(28)20-9-3-4-10-20/h1-4,7-10,19-20H,5-6,11-18H2,(H,23,27)(H,24,28). The number of carbonyl (C=O) groups is 2. The molecule has 0 spiro atoms. The summed E-state index contributed by atoms with van der Waals surface area (Å²) in [6.45, 7) is 7.84. The highest BCUT2D eigenvalue weighted by atomic mass is 16.2. The number of piperazine rings is 1. The summed E-state index contributed by atoms with van der Waals surface area (Å²) < 4.78 is 0. The van der Waals surface area contributed by atoms with Gasteiger partial charge in [-0.25, -0.2) is 0 Å². The maximum absolute atomic E-state index is 11.9. The fourth-order valence-electron chi connectivity index (χ4n) is 3.71. The lowest BCUT2D eigenvalue weighted by atomic mass is 10.1. The molecule has 0 aromatic carbocycles. The Balaban J connectivity index is 1.18. The number of carbonyl (C=O) groups excluding carboxylic acids is 2. The fourth-order valence-corrected chi connectivity index (χ4v) is 3.71. The minimum Gasteiger partial charge on any atom is -0.355 e. The van der Waals surface area contributed by atoms with Gasteiger partial charge in [-0.05, 0) is 25.9 Å². The van der Waals surface area contributed by atoms with Gasteiger partial charge in [0.2, 0.25) is 11.8 Å². The van der Waals surface area contributed by atoms with Crippen molar-refractivity contribution in [2.75, 3.05) is 52.4 Å². The molecule has 2 aliphatic carbocycles. The molecule has 1 aliphatic heterocycles. The van der Waals surface area contributed by atoms with Gasteiger partial charge in [0, 0.05) is 39.3 Å². The molecular formula is C22H32N4O2. The van der Waals surface area contributed by atoms with Gasteiger partial charge in [0.1, 0.15) is 0 Å². The Hall–Kier alpha value is -2.18. The molecule has 0 radical (unpaired) electrons. The maximum Gasteiger partial charge on any atom is 0.230 e. The molecule has 152 valence electrons. The van der Waals surface area contributed by atoms with E-state index in [1.165, 1.54) is 0 Å². The lowest BCUT2D eigenvalue weighted by molar-refractivity contribution is -0.123. The average Bonchev–Trinajstić information content (AvgIpc) is 3.43. The zero-order valence-corrected chi connectivity index (χ0v) is 16.6. The minimum absolute atomic E-state index is 0.0839. The summed E-state index contributed by atoms with van der Waals surface area (Å²) in [7, 11) is 0. The van der Waals surface area contributed by atoms with Crippen LogP contribution >= 0.6 is 0 Å². The number of hydrogen-bond acceptors (Lipinski definition) is 4. The number of hydrogen-bond donors (Lipinski definition) is 2. The molecule has 1 fully saturated rings. The summed E-state index contributed by atoms with van der Waals surface area (Å²) in [5, 5.41) is 6.03. The van der Waals surface area contributed by atoms with Gasteiger partial charge in [-0.15, -0.1) is 0 Å². The highest BCUT2D eigenvalue weighted by Crippen LogP contribution is 2.09. The summed E-state index contributed by atoms with van der Waals surface area (Å²) in [5.41, 5.74) is 0. The van der Waals surface area contributed by atoms with Crippen LogP contribution in [0.1, 0.15) is 12.8 Å². The smallest absolute Gasteiger partial charge is 0.230 e. The summed E-state index contributed by atoms with van der Waals surface area (Å²) in [5.74, 6) is 0.0302. The molecule has 6 heteroatoms. The molecule has 0 aromatic heterocycles. The van der Waals surface area contributed by atoms with Gasteiger partial charge in [0.15, 0.2) is 0 Å². The van der Waals surface area contributed by atoms with E-state index in [2.05, 4.69) is 20.4 Å². The molecule has 0 unspecified atom stereocenters. The first-order chi connectivity index (χ1) is 13.7. The topological polar surface area (TPSA) is 64.7 Å². The first-order valence-electron chi connectivity index (χ1n) is 10.4. The van der Waals surface area contributed by atoms with E-state index in [4.69, 9.17) is 0 Å². The van der Waals surface area contributed by atoms with Gasteiger partial charge in [-0.1, -0.05) is 48.6 Å². The summed E-state index contributed by atoms with van der Waals surface area (Å²) in [4.78, 5) is 28.8. The minimum atomic E-state index is -0.0839. The highest BCUT2D eigenvalue weighted by Gasteiger charge is 2.17. The van der Waals surface area contributed by atoms with Crippen molar-refractivity contribution in [1.82, 2.24) is 20.4 Å². The lowest BCUT2D eigenvalue weighted by Gasteiger charge is -2.34. The lowest BCUT2D eigenvalue weighted by Crippen LogP contribution is -2.47. The monoisotopic (exact) mass is 384 g/mol. The second kappa shape index (κ2) is 11.0. The Bertz CT molecular complexity index is 565. The normalized spacial score (nSPS) is 20.3. The Kier molecular flexibility index (Phi) is 8.06. The molecule has 1 saturated heterocycles. The van der Waals surface area contributed by atoms with Crippen molar-refractivity contribution < 1.29 is 9.59 Å². The Morgan fingerprint density at radius 1 is 0.679 bits per heavy atom. The fraction of sp³-hybridized carbons (Fsp3) is 0.545. The highest BCUT2D eigenvalue weighted by molar-refractivity contribution is 5.83. The molecule has 1 heterocycles. The van der Waals surface area contributed by atoms with Crippen molar-refractivity contribution >= 4 is 11.8 Å². The Labute approximate surface area is 168 Å². The van der Waals surface area contributed by atoms with Crippen molar-refractivity contribution in [1.29, 1.82) is 0 Å². The van der Waals surface area contributed by atoms with Gasteiger partial charge >= 0.3 is 0 Å². The number of nitrogens with one attached hydrogen (secondary N) is 2. The van der Waals surface area contributed by atoms with Crippen molar-refractivity contribution in [3.8, 4) is 0 Å². The van der Waals surface area contributed by atoms with Crippen molar-refractivity contribution in [2.24, 2.45) is 11.8 Å². The zero-order chi connectivity index (χ0) is 19.6. The molecule has 0 saturated carbocycles. The third kappa shape index (κ3) is 6.46. The maximum atomic E-state index is 11.9. The van der Waals surface area contributed by atoms with Crippen molar-refractivity contribution in [3.63, 3.8) is 0 Å². The SMILES string of the molecule is O=C(NCCCN1CCN(CCCNC(=O)C2C=CC=C2)CC1)C1C=CC=C1. The van der Waals surface area contributed by atoms with E-state index in [0.717, 1.165) is 65.2 Å². The van der Waals surface area contributed by atoms with Gasteiger partial charge in [0.25, 0.3) is 0 Å². The van der Waals surface area contributed by atoms with Crippen LogP contribution in [0.25, 0.3) is 0 Å². The van der Waals surface area contributed by atoms with Crippen LogP contribution in [0.15, 0.2) is 48.6 Å². The molecule has 0 bridgehead atoms. The summed E-state index contributed by atoms with van der Waals surface area (Å²) in [6, 6.07) is 0. The second-order valence-corrected chi connectivity index (χ2v) is 7.56. The van der Waals surface area contributed by atoms with Crippen LogP contribution in [0.5, 0.6) is 0 Å². The largest absolute Gasteiger partial charge is 0.355 e. The molecule has 6 nitrogen and oxygen atoms in total. The van der Waals surface area contributed by atoms with Crippen LogP contribution in [0.2, 0.25) is 0 Å². The van der Waals surface area contributed by atoms with E-state index in [1.54, 1.807) is 0 Å².